The monoisotopic (exact) mass is 285 g/mol. The van der Waals surface area contributed by atoms with Gasteiger partial charge in [-0.15, -0.1) is 0 Å². The molecule has 21 heavy (non-hydrogen) atoms. The van der Waals surface area contributed by atoms with Crippen LogP contribution in [-0.2, 0) is 6.42 Å². The molecule has 0 heterocycles. The second-order valence-corrected chi connectivity index (χ2v) is 5.03. The van der Waals surface area contributed by atoms with E-state index >= 15 is 0 Å². The summed E-state index contributed by atoms with van der Waals surface area (Å²) in [6, 6.07) is 16.7. The molecule has 3 nitrogen and oxygen atoms in total. The molecule has 1 unspecified atom stereocenters. The molecule has 2 aromatic rings. The second-order valence-electron chi connectivity index (χ2n) is 5.03. The third-order valence-corrected chi connectivity index (χ3v) is 3.63. The van der Waals surface area contributed by atoms with Gasteiger partial charge in [-0.1, -0.05) is 24.3 Å². The smallest absolute Gasteiger partial charge is 0.119 e. The van der Waals surface area contributed by atoms with Crippen molar-refractivity contribution in [3.05, 3.63) is 59.7 Å². The number of hydrogen-bond acceptors (Lipinski definition) is 3. The van der Waals surface area contributed by atoms with E-state index in [4.69, 9.17) is 9.47 Å². The first kappa shape index (κ1) is 15.4. The van der Waals surface area contributed by atoms with E-state index in [1.165, 1.54) is 11.1 Å². The average Bonchev–Trinajstić information content (AvgIpc) is 2.55. The number of ether oxygens (including phenoxy) is 2. The highest BCUT2D eigenvalue weighted by Gasteiger charge is 2.02. The maximum Gasteiger partial charge on any atom is 0.119 e. The Bertz CT molecular complexity index is 534. The van der Waals surface area contributed by atoms with E-state index in [1.807, 2.05) is 31.3 Å². The lowest BCUT2D eigenvalue weighted by atomic mass is 10.1. The summed E-state index contributed by atoms with van der Waals surface area (Å²) in [6.07, 6.45) is 0.888. The summed E-state index contributed by atoms with van der Waals surface area (Å²) >= 11 is 0. The average molecular weight is 285 g/mol. The fourth-order valence-corrected chi connectivity index (χ4v) is 2.10. The zero-order chi connectivity index (χ0) is 15.1. The third-order valence-electron chi connectivity index (χ3n) is 3.63. The molecule has 0 saturated heterocycles. The number of benzene rings is 2. The van der Waals surface area contributed by atoms with Gasteiger partial charge in [0.15, 0.2) is 0 Å². The zero-order valence-corrected chi connectivity index (χ0v) is 12.9. The molecule has 0 radical (unpaired) electrons. The molecule has 0 spiro atoms. The fourth-order valence-electron chi connectivity index (χ4n) is 2.10. The van der Waals surface area contributed by atoms with Gasteiger partial charge in [-0.25, -0.2) is 0 Å². The summed E-state index contributed by atoms with van der Waals surface area (Å²) in [5.41, 5.74) is 2.51. The van der Waals surface area contributed by atoms with Crippen molar-refractivity contribution in [2.24, 2.45) is 0 Å². The van der Waals surface area contributed by atoms with Gasteiger partial charge in [-0.2, -0.15) is 0 Å². The number of hydrogen-bond donors (Lipinski definition) is 1. The molecule has 112 valence electrons. The Morgan fingerprint density at radius 1 is 0.952 bits per heavy atom. The van der Waals surface area contributed by atoms with Crippen LogP contribution in [0.1, 0.15) is 24.1 Å². The van der Waals surface area contributed by atoms with Gasteiger partial charge in [0.1, 0.15) is 11.5 Å². The minimum absolute atomic E-state index is 0.360. The Morgan fingerprint density at radius 3 is 2.14 bits per heavy atom. The summed E-state index contributed by atoms with van der Waals surface area (Å²) < 4.78 is 10.9. The SMILES string of the molecule is CNC(C)c1ccc(OCCc2ccc(OC)cc2)cc1. The van der Waals surface area contributed by atoms with Gasteiger partial charge in [0.25, 0.3) is 0 Å². The Morgan fingerprint density at radius 2 is 1.57 bits per heavy atom. The predicted octanol–water partition coefficient (Wildman–Crippen LogP) is 3.60. The van der Waals surface area contributed by atoms with Crippen LogP contribution >= 0.6 is 0 Å². The second kappa shape index (κ2) is 7.70. The van der Waals surface area contributed by atoms with E-state index in [9.17, 15) is 0 Å². The molecule has 1 N–H and O–H groups in total. The molecule has 0 aromatic heterocycles. The minimum Gasteiger partial charge on any atom is -0.497 e. The quantitative estimate of drug-likeness (QED) is 0.843. The lowest BCUT2D eigenvalue weighted by Crippen LogP contribution is -2.12. The normalized spacial score (nSPS) is 12.0. The highest BCUT2D eigenvalue weighted by Crippen LogP contribution is 2.18. The van der Waals surface area contributed by atoms with Crippen LogP contribution in [0.3, 0.4) is 0 Å². The van der Waals surface area contributed by atoms with E-state index in [0.29, 0.717) is 12.6 Å². The van der Waals surface area contributed by atoms with Gasteiger partial charge in [0.2, 0.25) is 0 Å². The highest BCUT2D eigenvalue weighted by molar-refractivity contribution is 5.29. The van der Waals surface area contributed by atoms with Crippen molar-refractivity contribution < 1.29 is 9.47 Å². The van der Waals surface area contributed by atoms with Crippen molar-refractivity contribution in [2.45, 2.75) is 19.4 Å². The van der Waals surface area contributed by atoms with Crippen LogP contribution in [0.5, 0.6) is 11.5 Å². The summed E-state index contributed by atoms with van der Waals surface area (Å²) in [5, 5.41) is 3.22. The van der Waals surface area contributed by atoms with Crippen LogP contribution in [0.25, 0.3) is 0 Å². The van der Waals surface area contributed by atoms with Crippen LogP contribution in [-0.4, -0.2) is 20.8 Å². The number of nitrogens with one attached hydrogen (secondary N) is 1. The van der Waals surface area contributed by atoms with Crippen molar-refractivity contribution in [1.82, 2.24) is 5.32 Å². The fraction of sp³-hybridized carbons (Fsp3) is 0.333. The largest absolute Gasteiger partial charge is 0.497 e. The van der Waals surface area contributed by atoms with Crippen molar-refractivity contribution >= 4 is 0 Å². The van der Waals surface area contributed by atoms with Crippen molar-refractivity contribution in [1.29, 1.82) is 0 Å². The first-order valence-corrected chi connectivity index (χ1v) is 7.26. The molecule has 0 aliphatic rings. The van der Waals surface area contributed by atoms with E-state index < -0.39 is 0 Å². The lowest BCUT2D eigenvalue weighted by molar-refractivity contribution is 0.321. The molecule has 1 atom stereocenters. The topological polar surface area (TPSA) is 30.5 Å². The maximum absolute atomic E-state index is 5.78. The van der Waals surface area contributed by atoms with Crippen molar-refractivity contribution in [3.63, 3.8) is 0 Å². The van der Waals surface area contributed by atoms with Crippen molar-refractivity contribution in [2.75, 3.05) is 20.8 Å². The van der Waals surface area contributed by atoms with Crippen LogP contribution < -0.4 is 14.8 Å². The van der Waals surface area contributed by atoms with E-state index in [0.717, 1.165) is 17.9 Å². The summed E-state index contributed by atoms with van der Waals surface area (Å²) in [6.45, 7) is 2.81. The Kier molecular flexibility index (Phi) is 5.64. The summed E-state index contributed by atoms with van der Waals surface area (Å²) in [7, 11) is 3.64. The van der Waals surface area contributed by atoms with Gasteiger partial charge >= 0.3 is 0 Å². The maximum atomic E-state index is 5.78. The van der Waals surface area contributed by atoms with Gasteiger partial charge in [0, 0.05) is 12.5 Å². The van der Waals surface area contributed by atoms with Gasteiger partial charge in [-0.3, -0.25) is 0 Å². The van der Waals surface area contributed by atoms with Crippen molar-refractivity contribution in [3.8, 4) is 11.5 Å². The standard InChI is InChI=1S/C18H23NO2/c1-14(19-2)16-6-10-18(11-7-16)21-13-12-15-4-8-17(20-3)9-5-15/h4-11,14,19H,12-13H2,1-3H3. The molecule has 3 heteroatoms. The van der Waals surface area contributed by atoms with Crippen LogP contribution in [0.2, 0.25) is 0 Å². The minimum atomic E-state index is 0.360. The number of rotatable bonds is 7. The Balaban J connectivity index is 1.82. The third kappa shape index (κ3) is 4.50. The lowest BCUT2D eigenvalue weighted by Gasteiger charge is -2.12. The van der Waals surface area contributed by atoms with Crippen LogP contribution in [0.15, 0.2) is 48.5 Å². The van der Waals surface area contributed by atoms with E-state index in [-0.39, 0.29) is 0 Å². The molecule has 0 bridgehead atoms. The summed E-state index contributed by atoms with van der Waals surface area (Å²) in [4.78, 5) is 0. The molecular weight excluding hydrogens is 262 g/mol. The molecular formula is C18H23NO2. The molecule has 0 amide bonds. The first-order valence-electron chi connectivity index (χ1n) is 7.26. The number of methoxy groups -OCH3 is 1. The van der Waals surface area contributed by atoms with Gasteiger partial charge in [0.05, 0.1) is 13.7 Å². The molecule has 2 aromatic carbocycles. The van der Waals surface area contributed by atoms with Crippen LogP contribution in [0.4, 0.5) is 0 Å². The Hall–Kier alpha value is -2.00. The molecule has 0 aliphatic carbocycles. The first-order chi connectivity index (χ1) is 10.2. The van der Waals surface area contributed by atoms with Gasteiger partial charge < -0.3 is 14.8 Å². The molecule has 0 saturated carbocycles. The van der Waals surface area contributed by atoms with E-state index in [1.54, 1.807) is 7.11 Å². The molecule has 2 rings (SSSR count). The molecule has 0 aliphatic heterocycles. The zero-order valence-electron chi connectivity index (χ0n) is 12.9. The van der Waals surface area contributed by atoms with Crippen LogP contribution in [0, 0.1) is 0 Å². The molecule has 0 fully saturated rings. The highest BCUT2D eigenvalue weighted by atomic mass is 16.5. The van der Waals surface area contributed by atoms with Gasteiger partial charge in [-0.05, 0) is 49.4 Å². The Labute approximate surface area is 126 Å². The predicted molar refractivity (Wildman–Crippen MR) is 86.1 cm³/mol. The summed E-state index contributed by atoms with van der Waals surface area (Å²) in [5.74, 6) is 1.80. The van der Waals surface area contributed by atoms with E-state index in [2.05, 4.69) is 36.5 Å².